The Kier molecular flexibility index (Phi) is 4.02. The van der Waals surface area contributed by atoms with Crippen molar-refractivity contribution < 1.29 is 4.79 Å². The van der Waals surface area contributed by atoms with Gasteiger partial charge >= 0.3 is 0 Å². The van der Waals surface area contributed by atoms with Crippen LogP contribution in [0.15, 0.2) is 18.5 Å². The molecule has 20 heavy (non-hydrogen) atoms. The van der Waals surface area contributed by atoms with Gasteiger partial charge in [-0.1, -0.05) is 0 Å². The number of hydrogen-bond donors (Lipinski definition) is 2. The van der Waals surface area contributed by atoms with E-state index in [2.05, 4.69) is 15.4 Å². The first-order chi connectivity index (χ1) is 9.49. The monoisotopic (exact) mass is 273 g/mol. The number of aromatic nitrogens is 3. The second-order valence-corrected chi connectivity index (χ2v) is 4.82. The summed E-state index contributed by atoms with van der Waals surface area (Å²) in [5.41, 5.74) is 10.2. The molecular formula is C14H19N5O. The lowest BCUT2D eigenvalue weighted by Gasteiger charge is -2.08. The molecule has 0 aliphatic heterocycles. The molecule has 0 aliphatic carbocycles. The lowest BCUT2D eigenvalue weighted by atomic mass is 10.1. The van der Waals surface area contributed by atoms with Crippen LogP contribution in [0.2, 0.25) is 0 Å². The molecule has 0 saturated carbocycles. The smallest absolute Gasteiger partial charge is 0.242 e. The fourth-order valence-corrected chi connectivity index (χ4v) is 1.95. The van der Waals surface area contributed by atoms with Crippen molar-refractivity contribution in [3.63, 3.8) is 0 Å². The standard InChI is InChI=1S/C14H19N5O/c1-9-6-16-5-4-12(9)7-17-13(20)8-19-11(3)14(15)10(2)18-19/h4-6H,7-8,15H2,1-3H3,(H,17,20). The highest BCUT2D eigenvalue weighted by molar-refractivity contribution is 5.76. The minimum absolute atomic E-state index is 0.0909. The van der Waals surface area contributed by atoms with Crippen molar-refractivity contribution in [2.75, 3.05) is 5.73 Å². The average molecular weight is 273 g/mol. The van der Waals surface area contributed by atoms with Crippen molar-refractivity contribution in [2.24, 2.45) is 0 Å². The second-order valence-electron chi connectivity index (χ2n) is 4.82. The Bertz CT molecular complexity index is 632. The lowest BCUT2D eigenvalue weighted by Crippen LogP contribution is -2.28. The van der Waals surface area contributed by atoms with Crippen molar-refractivity contribution in [3.8, 4) is 0 Å². The molecule has 0 atom stereocenters. The first kappa shape index (κ1) is 14.0. The van der Waals surface area contributed by atoms with Crippen LogP contribution in [-0.2, 0) is 17.9 Å². The number of carbonyl (C=O) groups excluding carboxylic acids is 1. The van der Waals surface area contributed by atoms with Crippen molar-refractivity contribution in [3.05, 3.63) is 41.0 Å². The van der Waals surface area contributed by atoms with Crippen molar-refractivity contribution >= 4 is 11.6 Å². The quantitative estimate of drug-likeness (QED) is 0.873. The van der Waals surface area contributed by atoms with Crippen LogP contribution in [0.1, 0.15) is 22.5 Å². The largest absolute Gasteiger partial charge is 0.396 e. The molecule has 0 aromatic carbocycles. The Labute approximate surface area is 118 Å². The van der Waals surface area contributed by atoms with E-state index < -0.39 is 0 Å². The Hall–Kier alpha value is -2.37. The van der Waals surface area contributed by atoms with E-state index >= 15 is 0 Å². The zero-order valence-electron chi connectivity index (χ0n) is 12.0. The minimum atomic E-state index is -0.0909. The molecule has 2 rings (SSSR count). The van der Waals surface area contributed by atoms with Crippen molar-refractivity contribution in [2.45, 2.75) is 33.9 Å². The van der Waals surface area contributed by atoms with Gasteiger partial charge in [0.1, 0.15) is 6.54 Å². The van der Waals surface area contributed by atoms with Crippen LogP contribution in [0.25, 0.3) is 0 Å². The van der Waals surface area contributed by atoms with Gasteiger partial charge in [0.15, 0.2) is 0 Å². The van der Waals surface area contributed by atoms with E-state index in [1.165, 1.54) is 0 Å². The van der Waals surface area contributed by atoms with Crippen LogP contribution in [0.5, 0.6) is 0 Å². The summed E-state index contributed by atoms with van der Waals surface area (Å²) in [4.78, 5) is 16.0. The Morgan fingerprint density at radius 1 is 1.40 bits per heavy atom. The van der Waals surface area contributed by atoms with Gasteiger partial charge in [-0.05, 0) is 38.0 Å². The third-order valence-electron chi connectivity index (χ3n) is 3.34. The third kappa shape index (κ3) is 2.96. The van der Waals surface area contributed by atoms with Gasteiger partial charge in [0.25, 0.3) is 0 Å². The number of rotatable bonds is 4. The van der Waals surface area contributed by atoms with Crippen LogP contribution in [0, 0.1) is 20.8 Å². The van der Waals surface area contributed by atoms with Crippen LogP contribution in [0.4, 0.5) is 5.69 Å². The summed E-state index contributed by atoms with van der Waals surface area (Å²) in [6.07, 6.45) is 3.50. The van der Waals surface area contributed by atoms with E-state index in [0.29, 0.717) is 12.2 Å². The highest BCUT2D eigenvalue weighted by atomic mass is 16.2. The lowest BCUT2D eigenvalue weighted by molar-refractivity contribution is -0.122. The van der Waals surface area contributed by atoms with Gasteiger partial charge in [-0.15, -0.1) is 0 Å². The Morgan fingerprint density at radius 3 is 2.75 bits per heavy atom. The molecule has 1 amide bonds. The predicted octanol–water partition coefficient (Wildman–Crippen LogP) is 1.10. The average Bonchev–Trinajstić information content (AvgIpc) is 2.65. The zero-order chi connectivity index (χ0) is 14.7. The van der Waals surface area contributed by atoms with Gasteiger partial charge in [-0.3, -0.25) is 14.5 Å². The first-order valence-corrected chi connectivity index (χ1v) is 6.44. The zero-order valence-corrected chi connectivity index (χ0v) is 12.0. The summed E-state index contributed by atoms with van der Waals surface area (Å²) >= 11 is 0. The molecule has 0 unspecified atom stereocenters. The molecule has 6 nitrogen and oxygen atoms in total. The number of nitrogens with two attached hydrogens (primary N) is 1. The first-order valence-electron chi connectivity index (χ1n) is 6.44. The molecule has 2 aromatic rings. The second kappa shape index (κ2) is 5.73. The number of nitrogens with zero attached hydrogens (tertiary/aromatic N) is 3. The number of anilines is 1. The number of hydrogen-bond acceptors (Lipinski definition) is 4. The molecule has 0 radical (unpaired) electrons. The van der Waals surface area contributed by atoms with E-state index in [-0.39, 0.29) is 12.5 Å². The molecule has 0 saturated heterocycles. The number of nitrogens with one attached hydrogen (secondary N) is 1. The van der Waals surface area contributed by atoms with Crippen molar-refractivity contribution in [1.29, 1.82) is 0 Å². The molecule has 0 spiro atoms. The molecule has 0 fully saturated rings. The van der Waals surface area contributed by atoms with Gasteiger partial charge in [0.2, 0.25) is 5.91 Å². The number of carbonyl (C=O) groups is 1. The fourth-order valence-electron chi connectivity index (χ4n) is 1.95. The number of amides is 1. The summed E-state index contributed by atoms with van der Waals surface area (Å²) in [5.74, 6) is -0.0909. The summed E-state index contributed by atoms with van der Waals surface area (Å²) in [6, 6.07) is 1.90. The van der Waals surface area contributed by atoms with E-state index in [1.54, 1.807) is 17.1 Å². The SMILES string of the molecule is Cc1cnccc1CNC(=O)Cn1nc(C)c(N)c1C. The molecule has 6 heteroatoms. The van der Waals surface area contributed by atoms with Gasteiger partial charge < -0.3 is 11.1 Å². The van der Waals surface area contributed by atoms with Crippen LogP contribution in [0.3, 0.4) is 0 Å². The van der Waals surface area contributed by atoms with Crippen LogP contribution in [-0.4, -0.2) is 20.7 Å². The molecule has 0 bridgehead atoms. The topological polar surface area (TPSA) is 85.8 Å². The summed E-state index contributed by atoms with van der Waals surface area (Å²) in [5, 5.41) is 7.12. The van der Waals surface area contributed by atoms with Gasteiger partial charge in [0.05, 0.1) is 17.1 Å². The minimum Gasteiger partial charge on any atom is -0.396 e. The molecule has 106 valence electrons. The number of aryl methyl sites for hydroxylation is 2. The maximum absolute atomic E-state index is 11.9. The summed E-state index contributed by atoms with van der Waals surface area (Å²) < 4.78 is 1.62. The van der Waals surface area contributed by atoms with E-state index in [0.717, 1.165) is 22.5 Å². The van der Waals surface area contributed by atoms with E-state index in [9.17, 15) is 4.79 Å². The normalized spacial score (nSPS) is 10.6. The third-order valence-corrected chi connectivity index (χ3v) is 3.34. The summed E-state index contributed by atoms with van der Waals surface area (Å²) in [6.45, 7) is 6.32. The van der Waals surface area contributed by atoms with Gasteiger partial charge in [0, 0.05) is 18.9 Å². The van der Waals surface area contributed by atoms with E-state index in [4.69, 9.17) is 5.73 Å². The summed E-state index contributed by atoms with van der Waals surface area (Å²) in [7, 11) is 0. The fraction of sp³-hybridized carbons (Fsp3) is 0.357. The molecule has 2 heterocycles. The number of pyridine rings is 1. The molecule has 2 aromatic heterocycles. The van der Waals surface area contributed by atoms with Crippen molar-refractivity contribution in [1.82, 2.24) is 20.1 Å². The van der Waals surface area contributed by atoms with Gasteiger partial charge in [-0.2, -0.15) is 5.10 Å². The molecular weight excluding hydrogens is 254 g/mol. The Balaban J connectivity index is 1.96. The predicted molar refractivity (Wildman–Crippen MR) is 76.9 cm³/mol. The number of nitrogen functional groups attached to an aromatic ring is 1. The van der Waals surface area contributed by atoms with E-state index in [1.807, 2.05) is 26.8 Å². The van der Waals surface area contributed by atoms with Crippen LogP contribution < -0.4 is 11.1 Å². The maximum atomic E-state index is 11.9. The van der Waals surface area contributed by atoms with Crippen LogP contribution >= 0.6 is 0 Å². The molecule has 0 aliphatic rings. The highest BCUT2D eigenvalue weighted by Gasteiger charge is 2.11. The maximum Gasteiger partial charge on any atom is 0.242 e. The highest BCUT2D eigenvalue weighted by Crippen LogP contribution is 2.14. The Morgan fingerprint density at radius 2 is 2.15 bits per heavy atom. The van der Waals surface area contributed by atoms with Gasteiger partial charge in [-0.25, -0.2) is 0 Å². The molecule has 3 N–H and O–H groups in total.